The van der Waals surface area contributed by atoms with Gasteiger partial charge in [-0.15, -0.1) is 0 Å². The Balaban J connectivity index is 1.98. The highest BCUT2D eigenvalue weighted by Crippen LogP contribution is 2.35. The third-order valence-electron chi connectivity index (χ3n) is 5.55. The van der Waals surface area contributed by atoms with Gasteiger partial charge in [-0.1, -0.05) is 32.9 Å². The predicted molar refractivity (Wildman–Crippen MR) is 129 cm³/mol. The largest absolute Gasteiger partial charge is 0.493 e. The molecule has 3 rings (SSSR count). The van der Waals surface area contributed by atoms with Gasteiger partial charge in [-0.2, -0.15) is 0 Å². The van der Waals surface area contributed by atoms with Crippen molar-refractivity contribution in [3.63, 3.8) is 0 Å². The molecule has 2 aromatic carbocycles. The summed E-state index contributed by atoms with van der Waals surface area (Å²) >= 11 is 0. The summed E-state index contributed by atoms with van der Waals surface area (Å²) in [5, 5.41) is 3.45. The highest BCUT2D eigenvalue weighted by molar-refractivity contribution is 6.03. The van der Waals surface area contributed by atoms with E-state index in [4.69, 9.17) is 18.6 Å². The number of rotatable bonds is 6. The van der Waals surface area contributed by atoms with E-state index < -0.39 is 17.0 Å². The second kappa shape index (κ2) is 9.59. The van der Waals surface area contributed by atoms with Gasteiger partial charge in [0.2, 0.25) is 5.91 Å². The fourth-order valence-electron chi connectivity index (χ4n) is 3.33. The Kier molecular flexibility index (Phi) is 7.00. The van der Waals surface area contributed by atoms with Gasteiger partial charge in [0, 0.05) is 34.6 Å². The summed E-state index contributed by atoms with van der Waals surface area (Å²) in [6.45, 7) is 8.91. The van der Waals surface area contributed by atoms with E-state index in [1.807, 2.05) is 26.0 Å². The Bertz CT molecular complexity index is 1320. The summed E-state index contributed by atoms with van der Waals surface area (Å²) in [5.74, 6) is -0.331. The first-order valence-electron chi connectivity index (χ1n) is 10.7. The Morgan fingerprint density at radius 3 is 2.26 bits per heavy atom. The van der Waals surface area contributed by atoms with Crippen LogP contribution in [0.2, 0.25) is 0 Å². The number of carbonyl (C=O) groups excluding carboxylic acids is 2. The molecule has 1 N–H and O–H groups in total. The molecule has 0 fully saturated rings. The van der Waals surface area contributed by atoms with Crippen LogP contribution >= 0.6 is 0 Å². The fourth-order valence-corrected chi connectivity index (χ4v) is 3.33. The maximum atomic E-state index is 13.1. The molecule has 3 aromatic rings. The normalized spacial score (nSPS) is 11.3. The number of nitrogens with one attached hydrogen (secondary N) is 1. The van der Waals surface area contributed by atoms with Crippen LogP contribution in [-0.2, 0) is 16.1 Å². The number of ether oxygens (including phenoxy) is 3. The Morgan fingerprint density at radius 2 is 1.65 bits per heavy atom. The smallest absolute Gasteiger partial charge is 0.340 e. The molecule has 1 heterocycles. The third-order valence-corrected chi connectivity index (χ3v) is 5.55. The summed E-state index contributed by atoms with van der Waals surface area (Å²) in [7, 11) is 2.90. The lowest BCUT2D eigenvalue weighted by Crippen LogP contribution is -2.28. The Morgan fingerprint density at radius 1 is 1.00 bits per heavy atom. The monoisotopic (exact) mass is 467 g/mol. The molecular formula is C26H29NO7. The highest BCUT2D eigenvalue weighted by atomic mass is 16.5. The number of aryl methyl sites for hydroxylation is 2. The van der Waals surface area contributed by atoms with Crippen LogP contribution in [0.5, 0.6) is 11.5 Å². The van der Waals surface area contributed by atoms with E-state index in [9.17, 15) is 14.4 Å². The lowest BCUT2D eigenvalue weighted by molar-refractivity contribution is -0.123. The minimum absolute atomic E-state index is 0.0922. The van der Waals surface area contributed by atoms with Crippen LogP contribution in [-0.4, -0.2) is 26.1 Å². The van der Waals surface area contributed by atoms with E-state index in [2.05, 4.69) is 5.32 Å². The van der Waals surface area contributed by atoms with E-state index in [0.29, 0.717) is 28.0 Å². The van der Waals surface area contributed by atoms with Crippen molar-refractivity contribution in [1.29, 1.82) is 0 Å². The molecule has 0 spiro atoms. The van der Waals surface area contributed by atoms with Gasteiger partial charge in [-0.05, 0) is 25.0 Å². The molecule has 1 aromatic heterocycles. The number of hydrogen-bond acceptors (Lipinski definition) is 7. The maximum Gasteiger partial charge on any atom is 0.340 e. The lowest BCUT2D eigenvalue weighted by atomic mass is 9.95. The average Bonchev–Trinajstić information content (AvgIpc) is 2.78. The molecule has 0 aliphatic rings. The molecule has 0 saturated carbocycles. The van der Waals surface area contributed by atoms with Gasteiger partial charge in [0.25, 0.3) is 0 Å². The van der Waals surface area contributed by atoms with Gasteiger partial charge in [-0.25, -0.2) is 9.59 Å². The first-order chi connectivity index (χ1) is 16.0. The zero-order chi connectivity index (χ0) is 25.2. The Labute approximate surface area is 197 Å². The molecule has 180 valence electrons. The van der Waals surface area contributed by atoms with Gasteiger partial charge < -0.3 is 23.9 Å². The van der Waals surface area contributed by atoms with Gasteiger partial charge in [0.15, 0.2) is 11.5 Å². The molecule has 1 amide bonds. The van der Waals surface area contributed by atoms with Crippen LogP contribution in [0, 0.1) is 19.3 Å². The molecule has 0 bridgehead atoms. The SMILES string of the molecule is COc1cc(NC(=O)C(C)(C)C)c(C(=O)OCc2cc(=O)oc3c(C)c(C)ccc23)cc1OC. The van der Waals surface area contributed by atoms with Crippen LogP contribution in [0.3, 0.4) is 0 Å². The maximum absolute atomic E-state index is 13.1. The van der Waals surface area contributed by atoms with Crippen molar-refractivity contribution in [2.75, 3.05) is 19.5 Å². The minimum Gasteiger partial charge on any atom is -0.493 e. The first-order valence-corrected chi connectivity index (χ1v) is 10.7. The van der Waals surface area contributed by atoms with Crippen LogP contribution in [0.1, 0.15) is 47.8 Å². The second-order valence-electron chi connectivity index (χ2n) is 9.01. The van der Waals surface area contributed by atoms with E-state index >= 15 is 0 Å². The molecule has 0 atom stereocenters. The van der Waals surface area contributed by atoms with Gasteiger partial charge >= 0.3 is 11.6 Å². The first kappa shape index (κ1) is 24.8. The Hall–Kier alpha value is -3.81. The number of carbonyl (C=O) groups is 2. The van der Waals surface area contributed by atoms with Crippen molar-refractivity contribution in [3.8, 4) is 11.5 Å². The van der Waals surface area contributed by atoms with Crippen LogP contribution in [0.15, 0.2) is 39.5 Å². The zero-order valence-electron chi connectivity index (χ0n) is 20.5. The van der Waals surface area contributed by atoms with Crippen molar-refractivity contribution >= 4 is 28.5 Å². The highest BCUT2D eigenvalue weighted by Gasteiger charge is 2.25. The molecular weight excluding hydrogens is 438 g/mol. The lowest BCUT2D eigenvalue weighted by Gasteiger charge is -2.20. The number of amides is 1. The van der Waals surface area contributed by atoms with E-state index in [1.54, 1.807) is 20.8 Å². The van der Waals surface area contributed by atoms with E-state index in [-0.39, 0.29) is 23.8 Å². The quantitative estimate of drug-likeness (QED) is 0.411. The van der Waals surface area contributed by atoms with Crippen LogP contribution in [0.25, 0.3) is 11.0 Å². The number of anilines is 1. The van der Waals surface area contributed by atoms with E-state index in [1.165, 1.54) is 32.4 Å². The molecule has 0 unspecified atom stereocenters. The molecule has 34 heavy (non-hydrogen) atoms. The molecule has 0 saturated heterocycles. The summed E-state index contributed by atoms with van der Waals surface area (Å²) in [6, 6.07) is 8.01. The number of benzene rings is 2. The number of methoxy groups -OCH3 is 2. The van der Waals surface area contributed by atoms with Crippen molar-refractivity contribution in [3.05, 3.63) is 63.0 Å². The van der Waals surface area contributed by atoms with Crippen molar-refractivity contribution in [2.24, 2.45) is 5.41 Å². The van der Waals surface area contributed by atoms with Crippen LogP contribution < -0.4 is 20.4 Å². The molecule has 0 radical (unpaired) electrons. The average molecular weight is 468 g/mol. The third kappa shape index (κ3) is 5.06. The fraction of sp³-hybridized carbons (Fsp3) is 0.346. The molecule has 8 heteroatoms. The minimum atomic E-state index is -0.699. The van der Waals surface area contributed by atoms with Crippen molar-refractivity contribution < 1.29 is 28.2 Å². The molecule has 0 aliphatic carbocycles. The number of hydrogen-bond donors (Lipinski definition) is 1. The van der Waals surface area contributed by atoms with Crippen LogP contribution in [0.4, 0.5) is 5.69 Å². The number of esters is 1. The van der Waals surface area contributed by atoms with Gasteiger partial charge in [-0.3, -0.25) is 4.79 Å². The van der Waals surface area contributed by atoms with E-state index in [0.717, 1.165) is 11.1 Å². The summed E-state index contributed by atoms with van der Waals surface area (Å²) in [4.78, 5) is 37.8. The molecule has 0 aliphatic heterocycles. The predicted octanol–water partition coefficient (Wildman–Crippen LogP) is 4.77. The molecule has 8 nitrogen and oxygen atoms in total. The summed E-state index contributed by atoms with van der Waals surface area (Å²) in [6.07, 6.45) is 0. The summed E-state index contributed by atoms with van der Waals surface area (Å²) in [5.41, 5.74) is 1.90. The van der Waals surface area contributed by atoms with Crippen molar-refractivity contribution in [1.82, 2.24) is 0 Å². The zero-order valence-corrected chi connectivity index (χ0v) is 20.5. The number of fused-ring (bicyclic) bond motifs is 1. The topological polar surface area (TPSA) is 104 Å². The summed E-state index contributed by atoms with van der Waals surface area (Å²) < 4.78 is 21.6. The van der Waals surface area contributed by atoms with Gasteiger partial charge in [0.1, 0.15) is 12.2 Å². The second-order valence-corrected chi connectivity index (χ2v) is 9.01. The van der Waals surface area contributed by atoms with Crippen molar-refractivity contribution in [2.45, 2.75) is 41.2 Å². The standard InChI is InChI=1S/C26H29NO7/c1-14-8-9-17-16(10-22(28)34-23(17)15(14)2)13-33-24(29)18-11-20(31-6)21(32-7)12-19(18)27-25(30)26(3,4)5/h8-12H,13H2,1-7H3,(H,27,30). The van der Waals surface area contributed by atoms with Gasteiger partial charge in [0.05, 0.1) is 25.5 Å².